The van der Waals surface area contributed by atoms with E-state index in [4.69, 9.17) is 28.4 Å². The molecule has 0 saturated heterocycles. The predicted octanol–water partition coefficient (Wildman–Crippen LogP) is 25.5. The highest BCUT2D eigenvalue weighted by Gasteiger charge is 2.28. The molecule has 2 heterocycles. The topological polar surface area (TPSA) is 253 Å². The van der Waals surface area contributed by atoms with Crippen molar-refractivity contribution in [2.24, 2.45) is 0 Å². The van der Waals surface area contributed by atoms with Gasteiger partial charge in [0.2, 0.25) is 0 Å². The summed E-state index contributed by atoms with van der Waals surface area (Å²) in [7, 11) is 2.61. The summed E-state index contributed by atoms with van der Waals surface area (Å²) in [4.78, 5) is 92.9. The van der Waals surface area contributed by atoms with Crippen LogP contribution in [-0.2, 0) is 62.6 Å². The number of ether oxygens (including phenoxy) is 6. The normalized spacial score (nSPS) is 11.8. The Balaban J connectivity index is 0.000000222. The number of hydrogen-bond acceptors (Lipinski definition) is 17. The molecule has 0 aliphatic carbocycles. The van der Waals surface area contributed by atoms with Gasteiger partial charge in [0.15, 0.2) is 23.1 Å². The zero-order valence-corrected chi connectivity index (χ0v) is 76.8. The lowest BCUT2D eigenvalue weighted by molar-refractivity contribution is -0.142. The number of para-hydroxylation sites is 8. The van der Waals surface area contributed by atoms with Crippen molar-refractivity contribution in [2.75, 3.05) is 48.7 Å². The molecule has 0 spiro atoms. The van der Waals surface area contributed by atoms with E-state index in [2.05, 4.69) is 122 Å². The van der Waals surface area contributed by atoms with Crippen molar-refractivity contribution < 1.29 is 77.3 Å². The first-order valence-corrected chi connectivity index (χ1v) is 45.9. The Kier molecular flexibility index (Phi) is 32.4. The summed E-state index contributed by atoms with van der Waals surface area (Å²) in [6.45, 7) is 4.48. The van der Waals surface area contributed by atoms with Gasteiger partial charge in [0.05, 0.1) is 27.3 Å². The lowest BCUT2D eigenvalue weighted by atomic mass is 10.00. The van der Waals surface area contributed by atoms with Crippen LogP contribution in [0.25, 0.3) is 43.6 Å². The van der Waals surface area contributed by atoms with Crippen LogP contribution in [0.15, 0.2) is 388 Å². The van der Waals surface area contributed by atoms with Crippen molar-refractivity contribution >= 4 is 107 Å². The van der Waals surface area contributed by atoms with Crippen LogP contribution in [0.3, 0.4) is 0 Å². The number of ketones is 4. The van der Waals surface area contributed by atoms with Gasteiger partial charge in [-0.15, -0.1) is 0 Å². The summed E-state index contributed by atoms with van der Waals surface area (Å²) in [5.74, 6) is -0.430. The Labute approximate surface area is 823 Å². The van der Waals surface area contributed by atoms with Crippen LogP contribution in [0.2, 0.25) is 0 Å². The van der Waals surface area contributed by atoms with E-state index in [-0.39, 0.29) is 64.7 Å². The summed E-state index contributed by atoms with van der Waals surface area (Å²) in [6, 6.07) is 113. The molecule has 22 heteroatoms. The van der Waals surface area contributed by atoms with Crippen LogP contribution in [0.5, 0.6) is 34.5 Å². The standard InChI is InChI=1S/C59H48FN3O8.C59H50FN3O6.2CH4/c1-69-59(68)53(62-51-15-7-3-13-49(51)56(64)40-22-26-42(60)27-23-40)37-39-20-30-44(31-21-39)71-45-32-24-41(25-33-45)57(65)48-12-2-6-14-50(48)61-52(58(66)67)36-38-18-28-43(29-19-38)70-35-34-63-54-16-8-4-10-46(54)47-11-5-9-17-55(47)63;1-39(37-40-19-29-45(30-20-40)68-36-35-63-55-17-9-5-11-48(55)49-12-6-10-18-56(49)63)61-52-15-7-3-13-50(52)58(65)43-25-33-47(34-26-43)69-46-31-21-41(22-32-46)38-54(59(66)67-2)62-53-16-8-4-14-51(53)57(64)42-23-27-44(60)28-24-42;;/h2-33,52-53,61-62H,34-37H2,1H3,(H,66,67);3-34,39,54,61-62H,35-38H2,1-2H3;2*1H4/p+1. The fraction of sp³-hybridized carbons (Fsp3) is 0.142. The molecule has 142 heavy (non-hydrogen) atoms. The van der Waals surface area contributed by atoms with Gasteiger partial charge in [-0.2, -0.15) is 0 Å². The number of anilines is 4. The predicted molar refractivity (Wildman–Crippen MR) is 557 cm³/mol. The molecule has 0 fully saturated rings. The second-order valence-electron chi connectivity index (χ2n) is 33.7. The van der Waals surface area contributed by atoms with Crippen molar-refractivity contribution in [3.05, 3.63) is 467 Å². The highest BCUT2D eigenvalue weighted by Crippen LogP contribution is 2.35. The highest BCUT2D eigenvalue weighted by atomic mass is 19.1. The van der Waals surface area contributed by atoms with Gasteiger partial charge in [-0.25, -0.2) is 23.2 Å². The lowest BCUT2D eigenvalue weighted by Gasteiger charge is -2.20. The Morgan fingerprint density at radius 2 is 0.535 bits per heavy atom. The maximum atomic E-state index is 13.9. The van der Waals surface area contributed by atoms with Crippen LogP contribution < -0.4 is 40.2 Å². The van der Waals surface area contributed by atoms with Gasteiger partial charge >= 0.3 is 19.3 Å². The number of esters is 2. The molecule has 0 amide bonds. The van der Waals surface area contributed by atoms with Crippen LogP contribution >= 0.6 is 0 Å². The number of fused-ring (bicyclic) bond motifs is 6. The van der Waals surface area contributed by atoms with E-state index >= 15 is 0 Å². The molecule has 0 radical (unpaired) electrons. The fourth-order valence-corrected chi connectivity index (χ4v) is 17.3. The van der Waals surface area contributed by atoms with E-state index in [1.807, 2.05) is 109 Å². The molecule has 20 nitrogen and oxygen atoms in total. The van der Waals surface area contributed by atoms with Gasteiger partial charge in [-0.05, 0) is 254 Å². The zero-order valence-electron chi connectivity index (χ0n) is 77.8. The van der Waals surface area contributed by atoms with Crippen molar-refractivity contribution in [3.63, 3.8) is 0 Å². The average molecular weight is 1900 g/mol. The van der Waals surface area contributed by atoms with Crippen molar-refractivity contribution in [2.45, 2.75) is 84.7 Å². The van der Waals surface area contributed by atoms with Crippen LogP contribution in [-0.4, -0.2) is 107 Å². The van der Waals surface area contributed by atoms with Gasteiger partial charge in [-0.3, -0.25) is 19.2 Å². The van der Waals surface area contributed by atoms with Gasteiger partial charge in [-0.1, -0.05) is 185 Å². The number of nitrogens with zero attached hydrogens (tertiary/aromatic N) is 2. The van der Waals surface area contributed by atoms with Crippen LogP contribution in [0.4, 0.5) is 31.5 Å². The Bertz CT molecular complexity index is 7380. The lowest BCUT2D eigenvalue weighted by Crippen LogP contribution is -2.33. The van der Waals surface area contributed by atoms with E-state index < -0.39 is 47.7 Å². The third-order valence-electron chi connectivity index (χ3n) is 24.3. The molecule has 18 aromatic rings. The summed E-state index contributed by atoms with van der Waals surface area (Å²) >= 11 is 0. The third-order valence-corrected chi connectivity index (χ3v) is 24.3. The summed E-state index contributed by atoms with van der Waals surface area (Å²) in [5, 5.41) is 28.2. The minimum absolute atomic E-state index is 0. The van der Waals surface area contributed by atoms with Gasteiger partial charge in [0, 0.05) is 136 Å². The molecule has 2 aromatic heterocycles. The number of carbonyl (C=O) groups is 7. The number of methoxy groups -OCH3 is 2. The molecule has 714 valence electrons. The van der Waals surface area contributed by atoms with E-state index in [0.29, 0.717) is 110 Å². The summed E-state index contributed by atoms with van der Waals surface area (Å²) < 4.78 is 66.4. The van der Waals surface area contributed by atoms with Gasteiger partial charge in [0.1, 0.15) is 77.5 Å². The molecule has 4 unspecified atom stereocenters. The van der Waals surface area contributed by atoms with Crippen LogP contribution in [0.1, 0.15) is 109 Å². The summed E-state index contributed by atoms with van der Waals surface area (Å²) in [6.07, 6.45) is 1.39. The van der Waals surface area contributed by atoms with Crippen molar-refractivity contribution in [1.82, 2.24) is 9.13 Å². The van der Waals surface area contributed by atoms with Crippen molar-refractivity contribution in [1.29, 1.82) is 0 Å². The monoisotopic (exact) mass is 1890 g/mol. The SMILES string of the molecule is C.C.COC(=O)C(Cc1ccc(Oc2ccc(C(=O)c3ccccc3NC(C)Cc3ccc(OCCn4c5ccccc5c5ccccc54)cc3)cc2)cc1)Nc1ccccc1C(=O)c1ccc(F)cc1.COC(=O)C(Cc1ccc(Oc2ccc(C(=O)c3ccccc3NC(Cc3ccc(OCCn4c5ccccc5c5ccccc54)cc3)C(=O)O)cc2)cc1)Nc1ccccc1C(=O)c1ccc(F)cc1.[H+]. The molecule has 18 rings (SSSR count). The number of carboxylic acid groups (broad SMARTS) is 1. The number of aliphatic carboxylic acids is 1. The molecule has 0 bridgehead atoms. The number of rotatable bonds is 39. The maximum Gasteiger partial charge on any atom is 1.00 e. The van der Waals surface area contributed by atoms with E-state index in [1.54, 1.807) is 146 Å². The second-order valence-corrected chi connectivity index (χ2v) is 33.7. The number of benzene rings is 16. The maximum absolute atomic E-state index is 13.9. The number of aromatic nitrogens is 2. The minimum atomic E-state index is -1.06. The Morgan fingerprint density at radius 1 is 0.296 bits per heavy atom. The number of hydrogen-bond donors (Lipinski definition) is 5. The number of nitrogens with one attached hydrogen (secondary N) is 4. The van der Waals surface area contributed by atoms with Crippen molar-refractivity contribution in [3.8, 4) is 34.5 Å². The molecule has 16 aromatic carbocycles. The quantitative estimate of drug-likeness (QED) is 0.0177. The number of carboxylic acids is 1. The number of carbonyl (C=O) groups excluding carboxylic acids is 6. The van der Waals surface area contributed by atoms with Gasteiger partial charge in [0.25, 0.3) is 0 Å². The first-order chi connectivity index (χ1) is 68.3. The Morgan fingerprint density at radius 3 is 0.831 bits per heavy atom. The van der Waals surface area contributed by atoms with Crippen LogP contribution in [0, 0.1) is 11.6 Å². The first-order valence-electron chi connectivity index (χ1n) is 45.9. The molecule has 5 N–H and O–H groups in total. The van der Waals surface area contributed by atoms with Gasteiger partial charge < -0.3 is 63.9 Å². The highest BCUT2D eigenvalue weighted by molar-refractivity contribution is 6.16. The van der Waals surface area contributed by atoms with E-state index in [9.17, 15) is 47.4 Å². The molecule has 0 saturated carbocycles. The minimum Gasteiger partial charge on any atom is -0.492 e. The zero-order chi connectivity index (χ0) is 97.0. The smallest absolute Gasteiger partial charge is 0.492 e. The fourth-order valence-electron chi connectivity index (χ4n) is 17.3. The first kappa shape index (κ1) is 99.0. The molecule has 4 atom stereocenters. The molecular weight excluding hydrogens is 1790 g/mol. The molecule has 0 aliphatic rings. The number of halogens is 2. The largest absolute Gasteiger partial charge is 1.00 e. The second kappa shape index (κ2) is 46.5. The summed E-state index contributed by atoms with van der Waals surface area (Å²) in [5.41, 5.74) is 13.3. The Hall–Kier alpha value is -17.5. The molecular formula is C120H107F2N6O14+. The van der Waals surface area contributed by atoms with E-state index in [1.165, 1.54) is 95.3 Å². The molecule has 0 aliphatic heterocycles. The third kappa shape index (κ3) is 24.0. The van der Waals surface area contributed by atoms with E-state index in [0.717, 1.165) is 57.7 Å². The average Bonchev–Trinajstić information content (AvgIpc) is 1.62.